The summed E-state index contributed by atoms with van der Waals surface area (Å²) in [7, 11) is 0. The second kappa shape index (κ2) is 10.2. The van der Waals surface area contributed by atoms with Crippen molar-refractivity contribution in [3.63, 3.8) is 0 Å². The van der Waals surface area contributed by atoms with Gasteiger partial charge in [0, 0.05) is 0 Å². The largest absolute Gasteiger partial charge is 0.147 e. The molecule has 0 aliphatic heterocycles. The zero-order valence-corrected chi connectivity index (χ0v) is 7.71. The van der Waals surface area contributed by atoms with Gasteiger partial charge in [-0.2, -0.15) is 0 Å². The SMILES string of the molecule is CCCC[O][Zr].Cl. The van der Waals surface area contributed by atoms with Gasteiger partial charge in [0.1, 0.15) is 0 Å². The van der Waals surface area contributed by atoms with Crippen LogP contribution in [0.4, 0.5) is 0 Å². The van der Waals surface area contributed by atoms with Crippen molar-refractivity contribution in [2.75, 3.05) is 6.61 Å². The summed E-state index contributed by atoms with van der Waals surface area (Å²) >= 11 is 1.19. The minimum absolute atomic E-state index is 0. The van der Waals surface area contributed by atoms with Crippen LogP contribution in [-0.4, -0.2) is 6.61 Å². The van der Waals surface area contributed by atoms with E-state index in [-0.39, 0.29) is 12.4 Å². The molecule has 0 N–H and O–H groups in total. The summed E-state index contributed by atoms with van der Waals surface area (Å²) in [5.41, 5.74) is 0. The van der Waals surface area contributed by atoms with E-state index in [9.17, 15) is 0 Å². The van der Waals surface area contributed by atoms with E-state index in [0.29, 0.717) is 0 Å². The van der Waals surface area contributed by atoms with Gasteiger partial charge in [-0.25, -0.2) is 0 Å². The summed E-state index contributed by atoms with van der Waals surface area (Å²) < 4.78 is 4.87. The van der Waals surface area contributed by atoms with Gasteiger partial charge in [0.2, 0.25) is 0 Å². The number of unbranched alkanes of at least 4 members (excludes halogenated alkanes) is 1. The summed E-state index contributed by atoms with van der Waals surface area (Å²) in [5.74, 6) is 0. The molecule has 0 aromatic heterocycles. The van der Waals surface area contributed by atoms with E-state index < -0.39 is 0 Å². The van der Waals surface area contributed by atoms with Crippen LogP contribution in [0.5, 0.6) is 0 Å². The van der Waals surface area contributed by atoms with Crippen LogP contribution in [0.3, 0.4) is 0 Å². The Hall–Kier alpha value is 1.13. The third-order valence-corrected chi connectivity index (χ3v) is 1.10. The van der Waals surface area contributed by atoms with Crippen LogP contribution in [-0.2, 0) is 28.0 Å². The van der Waals surface area contributed by atoms with E-state index in [0.717, 1.165) is 6.61 Å². The third-order valence-electron chi connectivity index (χ3n) is 0.600. The predicted molar refractivity (Wildman–Crippen MR) is 28.1 cm³/mol. The number of rotatable bonds is 3. The fraction of sp³-hybridized carbons (Fsp3) is 1.00. The number of halogens is 1. The van der Waals surface area contributed by atoms with Gasteiger partial charge < -0.3 is 0 Å². The minimum atomic E-state index is 0. The third kappa shape index (κ3) is 11.0. The van der Waals surface area contributed by atoms with E-state index in [1.807, 2.05) is 0 Å². The van der Waals surface area contributed by atoms with Gasteiger partial charge in [0.05, 0.1) is 0 Å². The molecule has 0 fully saturated rings. The second-order valence-corrected chi connectivity index (χ2v) is 1.91. The first-order valence-electron chi connectivity index (χ1n) is 2.20. The Bertz CT molecular complexity index is 23.7. The first-order valence-corrected chi connectivity index (χ1v) is 3.20. The van der Waals surface area contributed by atoms with Gasteiger partial charge in [-0.15, -0.1) is 12.4 Å². The average molecular weight is 201 g/mol. The van der Waals surface area contributed by atoms with Crippen LogP contribution in [0.15, 0.2) is 0 Å². The molecule has 0 amide bonds. The Balaban J connectivity index is 0. The topological polar surface area (TPSA) is 9.23 Å². The molecule has 0 aromatic rings. The number of hydrogen-bond acceptors (Lipinski definition) is 1. The van der Waals surface area contributed by atoms with Gasteiger partial charge in [-0.05, 0) is 0 Å². The Kier molecular flexibility index (Phi) is 16.0. The van der Waals surface area contributed by atoms with Crippen LogP contribution in [0, 0.1) is 0 Å². The van der Waals surface area contributed by atoms with Gasteiger partial charge >= 0.3 is 54.3 Å². The predicted octanol–water partition coefficient (Wildman–Crippen LogP) is 1.69. The maximum atomic E-state index is 4.87. The molecule has 0 bridgehead atoms. The van der Waals surface area contributed by atoms with Crippen molar-refractivity contribution in [3.05, 3.63) is 0 Å². The fourth-order valence-corrected chi connectivity index (χ4v) is 0.571. The molecule has 1 nitrogen and oxygen atoms in total. The summed E-state index contributed by atoms with van der Waals surface area (Å²) in [6.07, 6.45) is 2.46. The van der Waals surface area contributed by atoms with E-state index in [1.165, 1.54) is 38.0 Å². The molecule has 43 valence electrons. The normalized spacial score (nSPS) is 7.43. The fourth-order valence-electron chi connectivity index (χ4n) is 0.217. The summed E-state index contributed by atoms with van der Waals surface area (Å²) in [6.45, 7) is 3.12. The molecule has 0 saturated carbocycles. The molecule has 0 aromatic carbocycles. The van der Waals surface area contributed by atoms with Gasteiger partial charge in [-0.1, -0.05) is 0 Å². The maximum absolute atomic E-state index is 4.87. The van der Waals surface area contributed by atoms with Crippen molar-refractivity contribution in [2.24, 2.45) is 0 Å². The van der Waals surface area contributed by atoms with Gasteiger partial charge in [0.25, 0.3) is 0 Å². The minimum Gasteiger partial charge on any atom is -0.147 e. The van der Waals surface area contributed by atoms with Crippen molar-refractivity contribution in [2.45, 2.75) is 19.8 Å². The van der Waals surface area contributed by atoms with E-state index in [1.54, 1.807) is 0 Å². The standard InChI is InChI=1S/C4H9O.ClH.Zr/c1-2-3-4-5;;/h2-4H2,1H3;1H;/q-1;;+1. The zero-order valence-electron chi connectivity index (χ0n) is 4.44. The second-order valence-electron chi connectivity index (χ2n) is 1.20. The Morgan fingerprint density at radius 3 is 2.29 bits per heavy atom. The van der Waals surface area contributed by atoms with E-state index in [2.05, 4.69) is 6.92 Å². The quantitative estimate of drug-likeness (QED) is 0.631. The molecule has 0 aliphatic rings. The Morgan fingerprint density at radius 2 is 2.14 bits per heavy atom. The maximum Gasteiger partial charge on any atom is -0.147 e. The van der Waals surface area contributed by atoms with Crippen LogP contribution >= 0.6 is 12.4 Å². The van der Waals surface area contributed by atoms with Gasteiger partial charge in [0.15, 0.2) is 0 Å². The molecule has 7 heavy (non-hydrogen) atoms. The van der Waals surface area contributed by atoms with Gasteiger partial charge in [-0.3, -0.25) is 0 Å². The zero-order chi connectivity index (χ0) is 4.83. The van der Waals surface area contributed by atoms with Crippen LogP contribution in [0.1, 0.15) is 19.8 Å². The summed E-state index contributed by atoms with van der Waals surface area (Å²) in [6, 6.07) is 0. The molecular formula is C4H10ClOZr. The molecule has 0 radical (unpaired) electrons. The first kappa shape index (κ1) is 11.0. The van der Waals surface area contributed by atoms with Crippen LogP contribution < -0.4 is 0 Å². The molecule has 0 saturated heterocycles. The van der Waals surface area contributed by atoms with Crippen molar-refractivity contribution in [3.8, 4) is 0 Å². The van der Waals surface area contributed by atoms with E-state index in [4.69, 9.17) is 2.81 Å². The Morgan fingerprint density at radius 1 is 1.57 bits per heavy atom. The van der Waals surface area contributed by atoms with Crippen molar-refractivity contribution >= 4 is 12.4 Å². The first-order chi connectivity index (χ1) is 2.91. The van der Waals surface area contributed by atoms with E-state index >= 15 is 0 Å². The smallest absolute Gasteiger partial charge is 0.147 e. The molecule has 0 spiro atoms. The molecule has 3 heteroatoms. The monoisotopic (exact) mass is 199 g/mol. The van der Waals surface area contributed by atoms with Crippen LogP contribution in [0.2, 0.25) is 0 Å². The van der Waals surface area contributed by atoms with Crippen LogP contribution in [0.25, 0.3) is 0 Å². The average Bonchev–Trinajstić information content (AvgIpc) is 1.61. The molecular weight excluding hydrogens is 191 g/mol. The Labute approximate surface area is 66.7 Å². The molecule has 0 rings (SSSR count). The number of hydrogen-bond donors (Lipinski definition) is 0. The summed E-state index contributed by atoms with van der Waals surface area (Å²) in [4.78, 5) is 0. The summed E-state index contributed by atoms with van der Waals surface area (Å²) in [5, 5.41) is 0. The van der Waals surface area contributed by atoms with Crippen molar-refractivity contribution < 1.29 is 28.0 Å². The molecule has 0 heterocycles. The molecule has 0 unspecified atom stereocenters. The molecule has 0 aliphatic carbocycles. The van der Waals surface area contributed by atoms with Crippen molar-refractivity contribution in [1.29, 1.82) is 0 Å². The molecule has 0 atom stereocenters. The van der Waals surface area contributed by atoms with Crippen molar-refractivity contribution in [1.82, 2.24) is 0 Å².